The fourth-order valence-electron chi connectivity index (χ4n) is 1.96. The minimum atomic E-state index is -0.791. The highest BCUT2D eigenvalue weighted by Gasteiger charge is 2.11. The number of carboxylic acids is 1. The maximum Gasteiger partial charge on any atom is 0.303 e. The van der Waals surface area contributed by atoms with Gasteiger partial charge >= 0.3 is 5.97 Å². The summed E-state index contributed by atoms with van der Waals surface area (Å²) in [7, 11) is 0. The Morgan fingerprint density at radius 3 is 2.91 bits per heavy atom. The van der Waals surface area contributed by atoms with E-state index in [9.17, 15) is 4.79 Å². The molecule has 118 valence electrons. The van der Waals surface area contributed by atoms with E-state index in [0.717, 1.165) is 33.6 Å². The molecule has 0 fully saturated rings. The molecule has 0 saturated heterocycles. The molecule has 2 rings (SSSR count). The number of hydrogen-bond donors (Lipinski definition) is 2. The summed E-state index contributed by atoms with van der Waals surface area (Å²) in [4.78, 5) is 16.1. The molecule has 0 aliphatic rings. The lowest BCUT2D eigenvalue weighted by molar-refractivity contribution is -0.136. The van der Waals surface area contributed by atoms with Gasteiger partial charge < -0.3 is 15.2 Å². The van der Waals surface area contributed by atoms with Gasteiger partial charge in [0.05, 0.1) is 24.4 Å². The number of para-hydroxylation sites is 2. The molecule has 22 heavy (non-hydrogen) atoms. The highest BCUT2D eigenvalue weighted by molar-refractivity contribution is 7.15. The van der Waals surface area contributed by atoms with Gasteiger partial charge in [-0.05, 0) is 31.9 Å². The summed E-state index contributed by atoms with van der Waals surface area (Å²) in [6.45, 7) is 4.63. The van der Waals surface area contributed by atoms with Crippen LogP contribution in [0.25, 0.3) is 0 Å². The van der Waals surface area contributed by atoms with Gasteiger partial charge in [-0.15, -0.1) is 11.3 Å². The molecule has 0 amide bonds. The van der Waals surface area contributed by atoms with Crippen molar-refractivity contribution in [3.8, 4) is 5.75 Å². The fraction of sp³-hybridized carbons (Fsp3) is 0.375. The van der Waals surface area contributed by atoms with E-state index in [-0.39, 0.29) is 6.42 Å². The first-order valence-corrected chi connectivity index (χ1v) is 8.08. The molecule has 5 nitrogen and oxygen atoms in total. The number of ether oxygens (including phenoxy) is 1. The van der Waals surface area contributed by atoms with Crippen LogP contribution in [0.4, 0.5) is 10.8 Å². The molecular weight excluding hydrogens is 300 g/mol. The Morgan fingerprint density at radius 1 is 1.41 bits per heavy atom. The molecule has 1 aromatic heterocycles. The monoisotopic (exact) mass is 320 g/mol. The van der Waals surface area contributed by atoms with Gasteiger partial charge in [0.15, 0.2) is 5.13 Å². The second-order valence-electron chi connectivity index (χ2n) is 4.89. The number of thiazole rings is 1. The zero-order valence-corrected chi connectivity index (χ0v) is 13.6. The maximum absolute atomic E-state index is 10.7. The van der Waals surface area contributed by atoms with Gasteiger partial charge in [0.25, 0.3) is 0 Å². The number of nitrogens with one attached hydrogen (secondary N) is 1. The van der Waals surface area contributed by atoms with Crippen molar-refractivity contribution in [1.82, 2.24) is 4.98 Å². The molecule has 2 N–H and O–H groups in total. The third-order valence-corrected chi connectivity index (χ3v) is 4.18. The Morgan fingerprint density at radius 2 is 2.18 bits per heavy atom. The molecule has 0 aliphatic carbocycles. The number of anilines is 2. The van der Waals surface area contributed by atoms with Crippen molar-refractivity contribution in [1.29, 1.82) is 0 Å². The Kier molecular flexibility index (Phi) is 5.77. The largest absolute Gasteiger partial charge is 0.491 e. The Bertz CT molecular complexity index is 640. The smallest absolute Gasteiger partial charge is 0.303 e. The van der Waals surface area contributed by atoms with E-state index in [0.29, 0.717) is 13.0 Å². The van der Waals surface area contributed by atoms with Crippen molar-refractivity contribution in [3.05, 3.63) is 34.8 Å². The third kappa shape index (κ3) is 4.46. The molecular formula is C16H20N2O3S. The van der Waals surface area contributed by atoms with Crippen LogP contribution in [0.1, 0.15) is 30.3 Å². The molecule has 0 bridgehead atoms. The summed E-state index contributed by atoms with van der Waals surface area (Å²) < 4.78 is 5.71. The molecule has 1 heterocycles. The van der Waals surface area contributed by atoms with Gasteiger partial charge in [-0.25, -0.2) is 4.98 Å². The quantitative estimate of drug-likeness (QED) is 0.769. The zero-order valence-electron chi connectivity index (χ0n) is 12.8. The van der Waals surface area contributed by atoms with E-state index in [1.54, 1.807) is 0 Å². The minimum Gasteiger partial charge on any atom is -0.491 e. The lowest BCUT2D eigenvalue weighted by Crippen LogP contribution is -1.99. The average Bonchev–Trinajstić information content (AvgIpc) is 2.84. The average molecular weight is 320 g/mol. The van der Waals surface area contributed by atoms with Crippen molar-refractivity contribution in [3.63, 3.8) is 0 Å². The van der Waals surface area contributed by atoms with E-state index < -0.39 is 5.97 Å². The number of carboxylic acid groups (broad SMARTS) is 1. The number of aromatic nitrogens is 1. The second-order valence-corrected chi connectivity index (χ2v) is 5.97. The molecule has 6 heteroatoms. The fourth-order valence-corrected chi connectivity index (χ4v) is 2.93. The number of aliphatic carboxylic acids is 1. The van der Waals surface area contributed by atoms with E-state index in [1.807, 2.05) is 31.2 Å². The number of hydrogen-bond acceptors (Lipinski definition) is 5. The van der Waals surface area contributed by atoms with Crippen LogP contribution >= 0.6 is 11.3 Å². The molecule has 0 saturated carbocycles. The number of aryl methyl sites for hydroxylation is 2. The molecule has 0 unspecified atom stereocenters. The van der Waals surface area contributed by atoms with Crippen molar-refractivity contribution in [2.75, 3.05) is 11.9 Å². The molecule has 2 aromatic rings. The highest BCUT2D eigenvalue weighted by Crippen LogP contribution is 2.31. The highest BCUT2D eigenvalue weighted by atomic mass is 32.1. The van der Waals surface area contributed by atoms with Crippen molar-refractivity contribution in [2.24, 2.45) is 0 Å². The lowest BCUT2D eigenvalue weighted by Gasteiger charge is -2.10. The topological polar surface area (TPSA) is 71.5 Å². The maximum atomic E-state index is 10.7. The van der Waals surface area contributed by atoms with Crippen LogP contribution < -0.4 is 10.1 Å². The van der Waals surface area contributed by atoms with Gasteiger partial charge in [0.2, 0.25) is 0 Å². The Balaban J connectivity index is 2.10. The van der Waals surface area contributed by atoms with E-state index in [2.05, 4.69) is 17.2 Å². The number of rotatable bonds is 8. The summed E-state index contributed by atoms with van der Waals surface area (Å²) in [5.41, 5.74) is 1.75. The standard InChI is InChI=1S/C16H20N2O3S/c1-3-10-21-13-7-5-4-6-12(13)18-16-17-11(2)14(22-16)8-9-15(19)20/h4-7H,3,8-10H2,1-2H3,(H,17,18)(H,19,20). The van der Waals surface area contributed by atoms with E-state index >= 15 is 0 Å². The second kappa shape index (κ2) is 7.79. The molecule has 0 radical (unpaired) electrons. The Labute approximate surface area is 134 Å². The Hall–Kier alpha value is -2.08. The van der Waals surface area contributed by atoms with Gasteiger partial charge in [-0.3, -0.25) is 4.79 Å². The first-order valence-electron chi connectivity index (χ1n) is 7.27. The summed E-state index contributed by atoms with van der Waals surface area (Å²) in [5, 5.41) is 12.8. The predicted octanol–water partition coefficient (Wildman–Crippen LogP) is 4.00. The number of carbonyl (C=O) groups is 1. The summed E-state index contributed by atoms with van der Waals surface area (Å²) in [6, 6.07) is 7.73. The van der Waals surface area contributed by atoms with Crippen LogP contribution in [0, 0.1) is 6.92 Å². The molecule has 0 aliphatic heterocycles. The van der Waals surface area contributed by atoms with Crippen molar-refractivity contribution < 1.29 is 14.6 Å². The van der Waals surface area contributed by atoms with Crippen LogP contribution in [0.5, 0.6) is 5.75 Å². The summed E-state index contributed by atoms with van der Waals surface area (Å²) in [5.74, 6) is 0.00455. The summed E-state index contributed by atoms with van der Waals surface area (Å²) >= 11 is 1.49. The zero-order chi connectivity index (χ0) is 15.9. The molecule has 0 atom stereocenters. The molecule has 1 aromatic carbocycles. The van der Waals surface area contributed by atoms with Crippen molar-refractivity contribution in [2.45, 2.75) is 33.1 Å². The first-order chi connectivity index (χ1) is 10.6. The van der Waals surface area contributed by atoms with Crippen LogP contribution in [0.2, 0.25) is 0 Å². The molecule has 0 spiro atoms. The van der Waals surface area contributed by atoms with Gasteiger partial charge in [0, 0.05) is 4.88 Å². The van der Waals surface area contributed by atoms with Crippen LogP contribution in [0.15, 0.2) is 24.3 Å². The van der Waals surface area contributed by atoms with Crippen molar-refractivity contribution >= 4 is 28.1 Å². The van der Waals surface area contributed by atoms with Gasteiger partial charge in [-0.1, -0.05) is 19.1 Å². The van der Waals surface area contributed by atoms with Gasteiger partial charge in [-0.2, -0.15) is 0 Å². The number of benzene rings is 1. The predicted molar refractivity (Wildman–Crippen MR) is 88.3 cm³/mol. The normalized spacial score (nSPS) is 10.5. The van der Waals surface area contributed by atoms with Crippen LogP contribution in [0.3, 0.4) is 0 Å². The van der Waals surface area contributed by atoms with Crippen LogP contribution in [-0.4, -0.2) is 22.7 Å². The van der Waals surface area contributed by atoms with E-state index in [4.69, 9.17) is 9.84 Å². The first kappa shape index (κ1) is 16.3. The van der Waals surface area contributed by atoms with Gasteiger partial charge in [0.1, 0.15) is 5.75 Å². The minimum absolute atomic E-state index is 0.124. The number of nitrogens with zero attached hydrogens (tertiary/aromatic N) is 1. The lowest BCUT2D eigenvalue weighted by atomic mass is 10.2. The van der Waals surface area contributed by atoms with E-state index in [1.165, 1.54) is 11.3 Å². The summed E-state index contributed by atoms with van der Waals surface area (Å²) in [6.07, 6.45) is 1.58. The van der Waals surface area contributed by atoms with Crippen LogP contribution in [-0.2, 0) is 11.2 Å². The SMILES string of the molecule is CCCOc1ccccc1Nc1nc(C)c(CCC(=O)O)s1. The third-order valence-electron chi connectivity index (χ3n) is 3.05.